The molecule has 0 bridgehead atoms. The Morgan fingerprint density at radius 2 is 2.12 bits per heavy atom. The quantitative estimate of drug-likeness (QED) is 0.766. The summed E-state index contributed by atoms with van der Waals surface area (Å²) in [5.74, 6) is 0.526. The molecule has 16 heavy (non-hydrogen) atoms. The predicted octanol–water partition coefficient (Wildman–Crippen LogP) is 1.28. The van der Waals surface area contributed by atoms with Gasteiger partial charge in [0.25, 0.3) is 0 Å². The number of ether oxygens (including phenoxy) is 1. The highest BCUT2D eigenvalue weighted by Crippen LogP contribution is 2.10. The Labute approximate surface area is 109 Å². The summed E-state index contributed by atoms with van der Waals surface area (Å²) in [7, 11) is 1.62. The predicted molar refractivity (Wildman–Crippen MR) is 70.4 cm³/mol. The molecule has 2 N–H and O–H groups in total. The molecular formula is C10H16IN3O2. The molecular weight excluding hydrogens is 321 g/mol. The van der Waals surface area contributed by atoms with Crippen molar-refractivity contribution in [1.82, 2.24) is 9.97 Å². The molecule has 1 heterocycles. The molecule has 0 fully saturated rings. The molecule has 0 saturated heterocycles. The van der Waals surface area contributed by atoms with Crippen molar-refractivity contribution in [3.63, 3.8) is 0 Å². The standard InChI is InChI=1S/C10H16IN3O2/c1-10(15,3-4-16-2)7-14-9-12-5-8(11)6-13-9/h5-6,15H,3-4,7H2,1-2H3,(H,12,13,14). The second-order valence-corrected chi connectivity index (χ2v) is 5.06. The summed E-state index contributed by atoms with van der Waals surface area (Å²) in [6, 6.07) is 0. The van der Waals surface area contributed by atoms with Crippen LogP contribution in [0.15, 0.2) is 12.4 Å². The molecule has 1 atom stereocenters. The minimum absolute atomic E-state index is 0.400. The van der Waals surface area contributed by atoms with Gasteiger partial charge in [0.2, 0.25) is 5.95 Å². The monoisotopic (exact) mass is 337 g/mol. The lowest BCUT2D eigenvalue weighted by molar-refractivity contribution is 0.0356. The molecule has 90 valence electrons. The van der Waals surface area contributed by atoms with Gasteiger partial charge in [0, 0.05) is 42.6 Å². The van der Waals surface area contributed by atoms with Crippen molar-refractivity contribution < 1.29 is 9.84 Å². The second kappa shape index (κ2) is 6.31. The van der Waals surface area contributed by atoms with Crippen molar-refractivity contribution in [2.24, 2.45) is 0 Å². The van der Waals surface area contributed by atoms with Gasteiger partial charge in [-0.2, -0.15) is 0 Å². The van der Waals surface area contributed by atoms with Gasteiger partial charge in [0.05, 0.1) is 5.60 Å². The van der Waals surface area contributed by atoms with Gasteiger partial charge < -0.3 is 15.2 Å². The molecule has 0 aliphatic rings. The summed E-state index contributed by atoms with van der Waals surface area (Å²) in [6.07, 6.45) is 4.01. The topological polar surface area (TPSA) is 67.3 Å². The van der Waals surface area contributed by atoms with Crippen molar-refractivity contribution in [3.05, 3.63) is 16.0 Å². The number of halogens is 1. The van der Waals surface area contributed by atoms with Crippen molar-refractivity contribution in [1.29, 1.82) is 0 Å². The van der Waals surface area contributed by atoms with E-state index in [0.29, 0.717) is 25.5 Å². The van der Waals surface area contributed by atoms with E-state index in [2.05, 4.69) is 37.9 Å². The van der Waals surface area contributed by atoms with Crippen LogP contribution in [0.3, 0.4) is 0 Å². The number of hydrogen-bond acceptors (Lipinski definition) is 5. The molecule has 1 aromatic heterocycles. The number of nitrogens with zero attached hydrogens (tertiary/aromatic N) is 2. The fourth-order valence-corrected chi connectivity index (χ4v) is 1.36. The molecule has 5 nitrogen and oxygen atoms in total. The SMILES string of the molecule is COCCC(C)(O)CNc1ncc(I)cn1. The smallest absolute Gasteiger partial charge is 0.222 e. The lowest BCUT2D eigenvalue weighted by Gasteiger charge is -2.23. The minimum Gasteiger partial charge on any atom is -0.388 e. The summed E-state index contributed by atoms with van der Waals surface area (Å²) in [4.78, 5) is 8.18. The van der Waals surface area contributed by atoms with E-state index in [0.717, 1.165) is 3.57 Å². The van der Waals surface area contributed by atoms with E-state index in [9.17, 15) is 5.11 Å². The normalized spacial score (nSPS) is 14.5. The van der Waals surface area contributed by atoms with Gasteiger partial charge >= 0.3 is 0 Å². The van der Waals surface area contributed by atoms with E-state index >= 15 is 0 Å². The molecule has 6 heteroatoms. The van der Waals surface area contributed by atoms with Crippen LogP contribution in [0.1, 0.15) is 13.3 Å². The maximum absolute atomic E-state index is 9.96. The lowest BCUT2D eigenvalue weighted by atomic mass is 10.0. The van der Waals surface area contributed by atoms with Gasteiger partial charge in [-0.3, -0.25) is 0 Å². The fourth-order valence-electron chi connectivity index (χ4n) is 1.08. The molecule has 0 saturated carbocycles. The van der Waals surface area contributed by atoms with Crippen LogP contribution >= 0.6 is 22.6 Å². The molecule has 0 spiro atoms. The van der Waals surface area contributed by atoms with Gasteiger partial charge in [-0.1, -0.05) is 0 Å². The largest absolute Gasteiger partial charge is 0.388 e. The highest BCUT2D eigenvalue weighted by molar-refractivity contribution is 14.1. The maximum Gasteiger partial charge on any atom is 0.222 e. The minimum atomic E-state index is -0.817. The van der Waals surface area contributed by atoms with E-state index in [1.54, 1.807) is 26.4 Å². The fraction of sp³-hybridized carbons (Fsp3) is 0.600. The summed E-state index contributed by atoms with van der Waals surface area (Å²) in [5, 5.41) is 13.0. The first-order valence-corrected chi connectivity index (χ1v) is 6.04. The Balaban J connectivity index is 2.41. The Morgan fingerprint density at radius 3 is 2.69 bits per heavy atom. The van der Waals surface area contributed by atoms with Crippen LogP contribution in [-0.4, -0.2) is 40.9 Å². The van der Waals surface area contributed by atoms with Crippen molar-refractivity contribution in [3.8, 4) is 0 Å². The van der Waals surface area contributed by atoms with Crippen molar-refractivity contribution in [2.45, 2.75) is 18.9 Å². The van der Waals surface area contributed by atoms with Crippen LogP contribution in [-0.2, 0) is 4.74 Å². The number of hydrogen-bond donors (Lipinski definition) is 2. The van der Waals surface area contributed by atoms with Crippen LogP contribution in [0.25, 0.3) is 0 Å². The number of anilines is 1. The van der Waals surface area contributed by atoms with Gasteiger partial charge in [-0.05, 0) is 29.5 Å². The summed E-state index contributed by atoms with van der Waals surface area (Å²) >= 11 is 2.14. The Hall–Kier alpha value is -0.470. The van der Waals surface area contributed by atoms with E-state index in [-0.39, 0.29) is 0 Å². The average molecular weight is 337 g/mol. The number of methoxy groups -OCH3 is 1. The highest BCUT2D eigenvalue weighted by Gasteiger charge is 2.19. The third-order valence-corrected chi connectivity index (χ3v) is 2.65. The molecule has 1 aromatic rings. The third kappa shape index (κ3) is 5.04. The van der Waals surface area contributed by atoms with Gasteiger partial charge in [0.1, 0.15) is 0 Å². The zero-order valence-corrected chi connectivity index (χ0v) is 11.6. The second-order valence-electron chi connectivity index (χ2n) is 3.82. The molecule has 0 radical (unpaired) electrons. The van der Waals surface area contributed by atoms with Gasteiger partial charge in [0.15, 0.2) is 0 Å². The van der Waals surface area contributed by atoms with Crippen LogP contribution < -0.4 is 5.32 Å². The van der Waals surface area contributed by atoms with Crippen molar-refractivity contribution >= 4 is 28.5 Å². The van der Waals surface area contributed by atoms with E-state index < -0.39 is 5.60 Å². The Kier molecular flexibility index (Phi) is 5.36. The first-order chi connectivity index (χ1) is 7.53. The van der Waals surface area contributed by atoms with Crippen LogP contribution in [0.4, 0.5) is 5.95 Å². The van der Waals surface area contributed by atoms with Gasteiger partial charge in [-0.25, -0.2) is 9.97 Å². The van der Waals surface area contributed by atoms with E-state index in [1.807, 2.05) is 0 Å². The third-order valence-electron chi connectivity index (χ3n) is 2.09. The zero-order valence-electron chi connectivity index (χ0n) is 9.40. The Morgan fingerprint density at radius 1 is 1.50 bits per heavy atom. The van der Waals surface area contributed by atoms with E-state index in [1.165, 1.54) is 0 Å². The molecule has 1 rings (SSSR count). The lowest BCUT2D eigenvalue weighted by Crippen LogP contribution is -2.35. The van der Waals surface area contributed by atoms with Crippen LogP contribution in [0, 0.1) is 3.57 Å². The molecule has 0 amide bonds. The number of aromatic nitrogens is 2. The molecule has 0 aromatic carbocycles. The summed E-state index contributed by atoms with van der Waals surface area (Å²) in [6.45, 7) is 2.69. The van der Waals surface area contributed by atoms with E-state index in [4.69, 9.17) is 4.74 Å². The number of rotatable bonds is 6. The Bertz CT molecular complexity index is 316. The van der Waals surface area contributed by atoms with Crippen LogP contribution in [0.5, 0.6) is 0 Å². The summed E-state index contributed by atoms with van der Waals surface area (Å²) < 4.78 is 5.91. The van der Waals surface area contributed by atoms with Gasteiger partial charge in [-0.15, -0.1) is 0 Å². The first kappa shape index (κ1) is 13.6. The van der Waals surface area contributed by atoms with Crippen LogP contribution in [0.2, 0.25) is 0 Å². The maximum atomic E-state index is 9.96. The first-order valence-electron chi connectivity index (χ1n) is 4.96. The molecule has 0 aliphatic carbocycles. The summed E-state index contributed by atoms with van der Waals surface area (Å²) in [5.41, 5.74) is -0.817. The highest BCUT2D eigenvalue weighted by atomic mass is 127. The number of aliphatic hydroxyl groups is 1. The molecule has 0 aliphatic heterocycles. The number of nitrogens with one attached hydrogen (secondary N) is 1. The van der Waals surface area contributed by atoms with Crippen molar-refractivity contribution in [2.75, 3.05) is 25.6 Å². The molecule has 1 unspecified atom stereocenters. The zero-order chi connectivity index (χ0) is 12.0. The average Bonchev–Trinajstić information content (AvgIpc) is 2.26.